The number of nitrogens with zero attached hydrogens (tertiary/aromatic N) is 1. The highest BCUT2D eigenvalue weighted by molar-refractivity contribution is 9.10. The lowest BCUT2D eigenvalue weighted by Crippen LogP contribution is -2.18. The predicted molar refractivity (Wildman–Crippen MR) is 48.2 cm³/mol. The molecule has 3 N–H and O–H groups in total. The van der Waals surface area contributed by atoms with Gasteiger partial charge in [-0.1, -0.05) is 0 Å². The maximum absolute atomic E-state index is 11.9. The van der Waals surface area contributed by atoms with Crippen LogP contribution in [0.4, 0.5) is 13.2 Å². The first-order chi connectivity index (χ1) is 6.83. The molecule has 0 bridgehead atoms. The van der Waals surface area contributed by atoms with Crippen LogP contribution < -0.4 is 10.5 Å². The number of aromatic nitrogens is 1. The predicted octanol–water partition coefficient (Wildman–Crippen LogP) is 1.91. The molecule has 1 heterocycles. The van der Waals surface area contributed by atoms with Crippen molar-refractivity contribution in [2.75, 3.05) is 0 Å². The summed E-state index contributed by atoms with van der Waals surface area (Å²) in [5, 5.41) is 9.21. The Morgan fingerprint density at radius 2 is 2.13 bits per heavy atom. The molecule has 0 fully saturated rings. The van der Waals surface area contributed by atoms with Crippen LogP contribution >= 0.6 is 15.9 Å². The van der Waals surface area contributed by atoms with Gasteiger partial charge in [0.05, 0.1) is 10.2 Å². The second kappa shape index (κ2) is 4.23. The molecular weight excluding hydrogens is 281 g/mol. The Morgan fingerprint density at radius 1 is 1.53 bits per heavy atom. The number of alkyl halides is 3. The van der Waals surface area contributed by atoms with Crippen LogP contribution in [0.15, 0.2) is 10.5 Å². The maximum Gasteiger partial charge on any atom is 0.574 e. The minimum absolute atomic E-state index is 0.0391. The van der Waals surface area contributed by atoms with E-state index in [-0.39, 0.29) is 16.7 Å². The number of hydrogen-bond donors (Lipinski definition) is 2. The first-order valence-corrected chi connectivity index (χ1v) is 4.47. The Labute approximate surface area is 91.0 Å². The molecule has 0 radical (unpaired) electrons. The van der Waals surface area contributed by atoms with Crippen LogP contribution in [-0.2, 0) is 6.54 Å². The molecule has 0 aromatic carbocycles. The van der Waals surface area contributed by atoms with Crippen molar-refractivity contribution >= 4 is 15.9 Å². The van der Waals surface area contributed by atoms with Gasteiger partial charge in [0.2, 0.25) is 0 Å². The third-order valence-corrected chi connectivity index (χ3v) is 1.99. The van der Waals surface area contributed by atoms with E-state index in [2.05, 4.69) is 25.7 Å². The topological polar surface area (TPSA) is 68.4 Å². The van der Waals surface area contributed by atoms with Crippen LogP contribution in [0.2, 0.25) is 0 Å². The quantitative estimate of drug-likeness (QED) is 0.871. The SMILES string of the molecule is NCc1cc(Br)c(O)c(OC(F)(F)F)n1. The van der Waals surface area contributed by atoms with Gasteiger partial charge in [0, 0.05) is 6.54 Å². The highest BCUT2D eigenvalue weighted by Gasteiger charge is 2.33. The van der Waals surface area contributed by atoms with E-state index in [1.807, 2.05) is 0 Å². The van der Waals surface area contributed by atoms with Crippen molar-refractivity contribution in [1.82, 2.24) is 4.98 Å². The van der Waals surface area contributed by atoms with E-state index in [4.69, 9.17) is 5.73 Å². The molecule has 0 atom stereocenters. The van der Waals surface area contributed by atoms with Crippen molar-refractivity contribution in [3.05, 3.63) is 16.2 Å². The summed E-state index contributed by atoms with van der Waals surface area (Å²) in [5.74, 6) is -1.64. The van der Waals surface area contributed by atoms with Crippen LogP contribution in [0.25, 0.3) is 0 Å². The standard InChI is InChI=1S/C7H6BrF3N2O2/c8-4-1-3(2-12)13-6(5(4)14)15-7(9,10)11/h1,14H,2,12H2. The molecule has 0 aliphatic rings. The number of halogens is 4. The van der Waals surface area contributed by atoms with Gasteiger partial charge >= 0.3 is 6.36 Å². The fourth-order valence-corrected chi connectivity index (χ4v) is 1.25. The summed E-state index contributed by atoms with van der Waals surface area (Å²) in [6, 6.07) is 1.30. The van der Waals surface area contributed by atoms with Crippen LogP contribution in [-0.4, -0.2) is 16.5 Å². The molecule has 4 nitrogen and oxygen atoms in total. The van der Waals surface area contributed by atoms with E-state index >= 15 is 0 Å². The molecule has 0 amide bonds. The van der Waals surface area contributed by atoms with E-state index < -0.39 is 18.0 Å². The van der Waals surface area contributed by atoms with Crippen molar-refractivity contribution in [2.24, 2.45) is 5.73 Å². The molecule has 0 aliphatic heterocycles. The average Bonchev–Trinajstić information content (AvgIpc) is 2.10. The van der Waals surface area contributed by atoms with Crippen LogP contribution in [0.3, 0.4) is 0 Å². The molecule has 84 valence electrons. The lowest BCUT2D eigenvalue weighted by atomic mass is 10.3. The summed E-state index contributed by atoms with van der Waals surface area (Å²) < 4.78 is 39.2. The molecule has 1 aromatic heterocycles. The summed E-state index contributed by atoms with van der Waals surface area (Å²) in [4.78, 5) is 3.39. The summed E-state index contributed by atoms with van der Waals surface area (Å²) in [6.45, 7) is -0.0624. The molecule has 0 unspecified atom stereocenters. The van der Waals surface area contributed by atoms with Gasteiger partial charge in [0.25, 0.3) is 5.88 Å². The third kappa shape index (κ3) is 3.24. The number of aromatic hydroxyl groups is 1. The van der Waals surface area contributed by atoms with Gasteiger partial charge in [-0.15, -0.1) is 13.2 Å². The number of rotatable bonds is 2. The van der Waals surface area contributed by atoms with Gasteiger partial charge in [0.15, 0.2) is 5.75 Å². The van der Waals surface area contributed by atoms with E-state index in [0.717, 1.165) is 0 Å². The average molecular weight is 287 g/mol. The monoisotopic (exact) mass is 286 g/mol. The van der Waals surface area contributed by atoms with Gasteiger partial charge in [-0.2, -0.15) is 0 Å². The van der Waals surface area contributed by atoms with Gasteiger partial charge in [0.1, 0.15) is 0 Å². The Bertz CT molecular complexity index is 370. The minimum Gasteiger partial charge on any atom is -0.502 e. The molecule has 15 heavy (non-hydrogen) atoms. The summed E-state index contributed by atoms with van der Waals surface area (Å²) >= 11 is 2.85. The molecule has 1 rings (SSSR count). The lowest BCUT2D eigenvalue weighted by molar-refractivity contribution is -0.276. The van der Waals surface area contributed by atoms with Gasteiger partial charge < -0.3 is 15.6 Å². The zero-order valence-corrected chi connectivity index (χ0v) is 8.76. The normalized spacial score (nSPS) is 11.5. The second-order valence-electron chi connectivity index (χ2n) is 2.50. The number of pyridine rings is 1. The summed E-state index contributed by atoms with van der Waals surface area (Å²) in [6.07, 6.45) is -4.91. The van der Waals surface area contributed by atoms with Gasteiger partial charge in [-0.3, -0.25) is 0 Å². The smallest absolute Gasteiger partial charge is 0.502 e. The van der Waals surface area contributed by atoms with E-state index in [9.17, 15) is 18.3 Å². The highest BCUT2D eigenvalue weighted by Crippen LogP contribution is 2.35. The Balaban J connectivity index is 3.11. The van der Waals surface area contributed by atoms with Crippen molar-refractivity contribution < 1.29 is 23.0 Å². The van der Waals surface area contributed by atoms with Crippen LogP contribution in [0.1, 0.15) is 5.69 Å². The van der Waals surface area contributed by atoms with E-state index in [1.54, 1.807) is 0 Å². The molecule has 0 saturated heterocycles. The van der Waals surface area contributed by atoms with E-state index in [1.165, 1.54) is 6.07 Å². The van der Waals surface area contributed by atoms with Gasteiger partial charge in [-0.05, 0) is 22.0 Å². The molecule has 0 saturated carbocycles. The Hall–Kier alpha value is -1.02. The Kier molecular flexibility index (Phi) is 3.40. The first kappa shape index (κ1) is 12.1. The van der Waals surface area contributed by atoms with Crippen LogP contribution in [0, 0.1) is 0 Å². The fourth-order valence-electron chi connectivity index (χ4n) is 0.818. The largest absolute Gasteiger partial charge is 0.574 e. The number of hydrogen-bond acceptors (Lipinski definition) is 4. The minimum atomic E-state index is -4.91. The Morgan fingerprint density at radius 3 is 2.60 bits per heavy atom. The third-order valence-electron chi connectivity index (χ3n) is 1.39. The maximum atomic E-state index is 11.9. The summed E-state index contributed by atoms with van der Waals surface area (Å²) in [5.41, 5.74) is 5.37. The molecule has 0 aliphatic carbocycles. The molecule has 0 spiro atoms. The number of nitrogens with two attached hydrogens (primary N) is 1. The lowest BCUT2D eigenvalue weighted by Gasteiger charge is -2.11. The first-order valence-electron chi connectivity index (χ1n) is 3.67. The molecular formula is C7H6BrF3N2O2. The van der Waals surface area contributed by atoms with Crippen LogP contribution in [0.5, 0.6) is 11.6 Å². The van der Waals surface area contributed by atoms with E-state index in [0.29, 0.717) is 0 Å². The fraction of sp³-hybridized carbons (Fsp3) is 0.286. The zero-order chi connectivity index (χ0) is 11.6. The zero-order valence-electron chi connectivity index (χ0n) is 7.18. The number of ether oxygens (including phenoxy) is 1. The van der Waals surface area contributed by atoms with Gasteiger partial charge in [-0.25, -0.2) is 4.98 Å². The highest BCUT2D eigenvalue weighted by atomic mass is 79.9. The van der Waals surface area contributed by atoms with Crippen molar-refractivity contribution in [3.8, 4) is 11.6 Å². The van der Waals surface area contributed by atoms with Crippen molar-refractivity contribution in [3.63, 3.8) is 0 Å². The second-order valence-corrected chi connectivity index (χ2v) is 3.36. The molecule has 8 heteroatoms. The van der Waals surface area contributed by atoms with Crippen molar-refractivity contribution in [2.45, 2.75) is 12.9 Å². The van der Waals surface area contributed by atoms with Crippen molar-refractivity contribution in [1.29, 1.82) is 0 Å². The molecule has 1 aromatic rings. The summed E-state index contributed by atoms with van der Waals surface area (Å²) in [7, 11) is 0.